The highest BCUT2D eigenvalue weighted by atomic mass is 16.3. The first-order chi connectivity index (χ1) is 13.3. The van der Waals surface area contributed by atoms with Gasteiger partial charge in [0.05, 0.1) is 6.10 Å². The van der Waals surface area contributed by atoms with Crippen molar-refractivity contribution in [3.05, 3.63) is 0 Å². The molecule has 4 saturated carbocycles. The van der Waals surface area contributed by atoms with Crippen molar-refractivity contribution in [1.82, 2.24) is 0 Å². The highest BCUT2D eigenvalue weighted by Crippen LogP contribution is 2.68. The molecule has 0 aromatic rings. The van der Waals surface area contributed by atoms with Crippen LogP contribution in [0.1, 0.15) is 112 Å². The van der Waals surface area contributed by atoms with Crippen molar-refractivity contribution in [2.24, 2.45) is 52.3 Å². The Balaban J connectivity index is 1.46. The Bertz CT molecular complexity index is 540. The number of aliphatic hydroxyl groups excluding tert-OH is 1. The fourth-order valence-electron chi connectivity index (χ4n) is 9.26. The Hall–Kier alpha value is -0.0400. The number of aliphatic hydroxyl groups is 1. The molecule has 162 valence electrons. The normalized spacial score (nSPS) is 49.4. The largest absolute Gasteiger partial charge is 0.393 e. The predicted octanol–water partition coefficient (Wildman–Crippen LogP) is 7.47. The van der Waals surface area contributed by atoms with Gasteiger partial charge in [-0.05, 0) is 110 Å². The maximum Gasteiger partial charge on any atom is 0.0543 e. The zero-order valence-corrected chi connectivity index (χ0v) is 19.6. The van der Waals surface area contributed by atoms with Gasteiger partial charge in [0.25, 0.3) is 0 Å². The van der Waals surface area contributed by atoms with E-state index < -0.39 is 0 Å². The molecular formula is C27H48O. The Morgan fingerprint density at radius 1 is 0.821 bits per heavy atom. The minimum absolute atomic E-state index is 0.00830. The molecule has 0 amide bonds. The minimum Gasteiger partial charge on any atom is -0.393 e. The van der Waals surface area contributed by atoms with Gasteiger partial charge in [0.1, 0.15) is 0 Å². The summed E-state index contributed by atoms with van der Waals surface area (Å²) in [6, 6.07) is 0. The molecule has 0 spiro atoms. The van der Waals surface area contributed by atoms with Crippen LogP contribution < -0.4 is 0 Å². The molecule has 0 bridgehead atoms. The van der Waals surface area contributed by atoms with Crippen LogP contribution in [0.3, 0.4) is 0 Å². The van der Waals surface area contributed by atoms with Crippen LogP contribution in [-0.4, -0.2) is 11.2 Å². The minimum atomic E-state index is -0.00830. The topological polar surface area (TPSA) is 20.2 Å². The second kappa shape index (κ2) is 7.90. The highest BCUT2D eigenvalue weighted by Gasteiger charge is 2.60. The van der Waals surface area contributed by atoms with Crippen LogP contribution in [-0.2, 0) is 0 Å². The van der Waals surface area contributed by atoms with E-state index >= 15 is 0 Å². The SMILES string of the molecule is CC(C)CCCC(C)C1CCC2C3CC[C@H]4C[C@@H](O)CC[C@]4(C)C3CC[C@]12C. The number of fused-ring (bicyclic) bond motifs is 5. The van der Waals surface area contributed by atoms with E-state index in [1.165, 1.54) is 64.2 Å². The van der Waals surface area contributed by atoms with Crippen molar-refractivity contribution >= 4 is 0 Å². The lowest BCUT2D eigenvalue weighted by molar-refractivity contribution is -0.129. The molecule has 0 saturated heterocycles. The Labute approximate surface area is 175 Å². The first-order valence-corrected chi connectivity index (χ1v) is 12.9. The average molecular weight is 389 g/mol. The second-order valence-corrected chi connectivity index (χ2v) is 12.6. The van der Waals surface area contributed by atoms with Crippen LogP contribution in [0, 0.1) is 52.3 Å². The monoisotopic (exact) mass is 388 g/mol. The third-order valence-electron chi connectivity index (χ3n) is 10.8. The lowest BCUT2D eigenvalue weighted by Gasteiger charge is -2.61. The van der Waals surface area contributed by atoms with E-state index in [2.05, 4.69) is 34.6 Å². The third-order valence-corrected chi connectivity index (χ3v) is 10.8. The number of rotatable bonds is 5. The lowest BCUT2D eigenvalue weighted by Crippen LogP contribution is -2.54. The van der Waals surface area contributed by atoms with Gasteiger partial charge < -0.3 is 5.11 Å². The standard InChI is InChI=1S/C27H48O/c1-18(2)7-6-8-19(3)23-11-12-24-22-10-9-20-17-21(28)13-15-26(20,4)25(22)14-16-27(23,24)5/h18-25,28H,6-17H2,1-5H3/t19?,20-,21-,22?,23?,24?,25?,26-,27+/m0/s1. The smallest absolute Gasteiger partial charge is 0.0543 e. The van der Waals surface area contributed by atoms with Crippen LogP contribution in [0.4, 0.5) is 0 Å². The molecule has 28 heavy (non-hydrogen) atoms. The van der Waals surface area contributed by atoms with Crippen molar-refractivity contribution in [2.75, 3.05) is 0 Å². The van der Waals surface area contributed by atoms with Gasteiger partial charge in [-0.15, -0.1) is 0 Å². The first kappa shape index (κ1) is 21.2. The van der Waals surface area contributed by atoms with Crippen molar-refractivity contribution in [1.29, 1.82) is 0 Å². The van der Waals surface area contributed by atoms with Gasteiger partial charge in [0, 0.05) is 0 Å². The third kappa shape index (κ3) is 3.50. The average Bonchev–Trinajstić information content (AvgIpc) is 2.99. The fraction of sp³-hybridized carbons (Fsp3) is 1.00. The summed E-state index contributed by atoms with van der Waals surface area (Å²) < 4.78 is 0. The molecule has 9 atom stereocenters. The quantitative estimate of drug-likeness (QED) is 0.518. The van der Waals surface area contributed by atoms with Crippen LogP contribution in [0.5, 0.6) is 0 Å². The van der Waals surface area contributed by atoms with Crippen LogP contribution in [0.15, 0.2) is 0 Å². The molecule has 5 unspecified atom stereocenters. The van der Waals surface area contributed by atoms with Gasteiger partial charge in [-0.1, -0.05) is 53.9 Å². The van der Waals surface area contributed by atoms with Crippen molar-refractivity contribution < 1.29 is 5.11 Å². The van der Waals surface area contributed by atoms with Gasteiger partial charge in [-0.25, -0.2) is 0 Å². The van der Waals surface area contributed by atoms with Crippen LogP contribution in [0.2, 0.25) is 0 Å². The lowest BCUT2D eigenvalue weighted by atomic mass is 9.44. The predicted molar refractivity (Wildman–Crippen MR) is 119 cm³/mol. The van der Waals surface area contributed by atoms with Crippen molar-refractivity contribution in [2.45, 2.75) is 118 Å². The summed E-state index contributed by atoms with van der Waals surface area (Å²) in [6.07, 6.45) is 16.6. The Kier molecular flexibility index (Phi) is 5.98. The Morgan fingerprint density at radius 3 is 2.29 bits per heavy atom. The molecule has 0 aromatic carbocycles. The summed E-state index contributed by atoms with van der Waals surface area (Å²) in [7, 11) is 0. The van der Waals surface area contributed by atoms with E-state index in [1.807, 2.05) is 0 Å². The van der Waals surface area contributed by atoms with E-state index in [0.29, 0.717) is 10.8 Å². The molecule has 0 radical (unpaired) electrons. The maximum atomic E-state index is 10.3. The summed E-state index contributed by atoms with van der Waals surface area (Å²) in [5.41, 5.74) is 1.15. The molecule has 1 N–H and O–H groups in total. The molecule has 1 heteroatoms. The van der Waals surface area contributed by atoms with E-state index in [-0.39, 0.29) is 6.10 Å². The molecule has 1 nitrogen and oxygen atoms in total. The Morgan fingerprint density at radius 2 is 1.54 bits per heavy atom. The summed E-state index contributed by atoms with van der Waals surface area (Å²) >= 11 is 0. The molecule has 0 heterocycles. The zero-order chi connectivity index (χ0) is 20.1. The molecular weight excluding hydrogens is 340 g/mol. The van der Waals surface area contributed by atoms with Gasteiger partial charge in [-0.3, -0.25) is 0 Å². The second-order valence-electron chi connectivity index (χ2n) is 12.6. The van der Waals surface area contributed by atoms with E-state index in [9.17, 15) is 5.11 Å². The maximum absolute atomic E-state index is 10.3. The van der Waals surface area contributed by atoms with Crippen molar-refractivity contribution in [3.8, 4) is 0 Å². The zero-order valence-electron chi connectivity index (χ0n) is 19.6. The molecule has 0 aromatic heterocycles. The first-order valence-electron chi connectivity index (χ1n) is 12.9. The summed E-state index contributed by atoms with van der Waals surface area (Å²) in [5, 5.41) is 10.3. The van der Waals surface area contributed by atoms with E-state index in [0.717, 1.165) is 54.3 Å². The summed E-state index contributed by atoms with van der Waals surface area (Å²) in [6.45, 7) is 12.7. The van der Waals surface area contributed by atoms with Crippen LogP contribution >= 0.6 is 0 Å². The molecule has 4 aliphatic rings. The summed E-state index contributed by atoms with van der Waals surface area (Å²) in [4.78, 5) is 0. The molecule has 0 aliphatic heterocycles. The van der Waals surface area contributed by atoms with Gasteiger partial charge in [0.15, 0.2) is 0 Å². The molecule has 4 aliphatic carbocycles. The van der Waals surface area contributed by atoms with Gasteiger partial charge in [0.2, 0.25) is 0 Å². The number of hydrogen-bond donors (Lipinski definition) is 1. The molecule has 4 fully saturated rings. The van der Waals surface area contributed by atoms with Crippen LogP contribution in [0.25, 0.3) is 0 Å². The molecule has 4 rings (SSSR count). The number of hydrogen-bond acceptors (Lipinski definition) is 1. The fourth-order valence-corrected chi connectivity index (χ4v) is 9.26. The van der Waals surface area contributed by atoms with E-state index in [4.69, 9.17) is 0 Å². The highest BCUT2D eigenvalue weighted by molar-refractivity contribution is 5.09. The van der Waals surface area contributed by atoms with Gasteiger partial charge in [-0.2, -0.15) is 0 Å². The van der Waals surface area contributed by atoms with Crippen molar-refractivity contribution in [3.63, 3.8) is 0 Å². The summed E-state index contributed by atoms with van der Waals surface area (Å²) in [5.74, 6) is 6.49. The van der Waals surface area contributed by atoms with E-state index in [1.54, 1.807) is 0 Å². The van der Waals surface area contributed by atoms with Gasteiger partial charge >= 0.3 is 0 Å².